The standard InChI is InChI=1S/C18H18O2/c19-16-10-11-17(13-16)20-18-9-5-4-8-15(18)12-14-6-2-1-3-7-14/h1-9,17H,10-13H2. The number of ether oxygens (including phenoxy) is 1. The molecule has 1 aliphatic carbocycles. The third-order valence-electron chi connectivity index (χ3n) is 3.70. The van der Waals surface area contributed by atoms with E-state index in [4.69, 9.17) is 4.74 Å². The van der Waals surface area contributed by atoms with Gasteiger partial charge in [0.1, 0.15) is 17.6 Å². The Morgan fingerprint density at radius 2 is 1.75 bits per heavy atom. The van der Waals surface area contributed by atoms with Gasteiger partial charge in [0.05, 0.1) is 0 Å². The van der Waals surface area contributed by atoms with Gasteiger partial charge in [0.25, 0.3) is 0 Å². The molecule has 0 heterocycles. The number of Topliss-reactive ketones (excluding diaryl/α,β-unsaturated/α-hetero) is 1. The molecule has 0 bridgehead atoms. The minimum atomic E-state index is 0.0550. The molecule has 2 aromatic carbocycles. The van der Waals surface area contributed by atoms with Crippen LogP contribution in [0, 0.1) is 0 Å². The Balaban J connectivity index is 1.76. The molecule has 1 atom stereocenters. The number of para-hydroxylation sites is 1. The van der Waals surface area contributed by atoms with E-state index < -0.39 is 0 Å². The molecule has 1 saturated carbocycles. The van der Waals surface area contributed by atoms with E-state index in [1.54, 1.807) is 0 Å². The summed E-state index contributed by atoms with van der Waals surface area (Å²) in [5.74, 6) is 1.23. The van der Waals surface area contributed by atoms with Gasteiger partial charge >= 0.3 is 0 Å². The van der Waals surface area contributed by atoms with Crippen LogP contribution in [0.25, 0.3) is 0 Å². The molecule has 0 radical (unpaired) electrons. The van der Waals surface area contributed by atoms with Crippen LogP contribution in [0.2, 0.25) is 0 Å². The summed E-state index contributed by atoms with van der Waals surface area (Å²) in [6, 6.07) is 18.5. The Kier molecular flexibility index (Phi) is 3.82. The maximum Gasteiger partial charge on any atom is 0.136 e. The highest BCUT2D eigenvalue weighted by molar-refractivity contribution is 5.81. The van der Waals surface area contributed by atoms with Gasteiger partial charge in [-0.25, -0.2) is 0 Å². The van der Waals surface area contributed by atoms with Gasteiger partial charge < -0.3 is 4.74 Å². The van der Waals surface area contributed by atoms with Gasteiger partial charge in [0.15, 0.2) is 0 Å². The van der Waals surface area contributed by atoms with Gasteiger partial charge in [0.2, 0.25) is 0 Å². The molecule has 1 aliphatic rings. The van der Waals surface area contributed by atoms with E-state index in [-0.39, 0.29) is 6.10 Å². The lowest BCUT2D eigenvalue weighted by Gasteiger charge is -2.16. The second kappa shape index (κ2) is 5.91. The summed E-state index contributed by atoms with van der Waals surface area (Å²) in [7, 11) is 0. The van der Waals surface area contributed by atoms with Crippen molar-refractivity contribution in [3.05, 3.63) is 65.7 Å². The number of carbonyl (C=O) groups is 1. The molecule has 0 aliphatic heterocycles. The smallest absolute Gasteiger partial charge is 0.136 e. The Hall–Kier alpha value is -2.09. The van der Waals surface area contributed by atoms with Crippen LogP contribution < -0.4 is 4.74 Å². The first-order valence-corrected chi connectivity index (χ1v) is 7.11. The fourth-order valence-electron chi connectivity index (χ4n) is 2.64. The highest BCUT2D eigenvalue weighted by Gasteiger charge is 2.24. The Labute approximate surface area is 119 Å². The zero-order valence-electron chi connectivity index (χ0n) is 11.4. The van der Waals surface area contributed by atoms with Crippen molar-refractivity contribution in [2.45, 2.75) is 31.8 Å². The number of ketones is 1. The van der Waals surface area contributed by atoms with E-state index in [1.807, 2.05) is 24.3 Å². The number of benzene rings is 2. The first-order chi connectivity index (χ1) is 9.81. The molecular weight excluding hydrogens is 248 g/mol. The molecule has 20 heavy (non-hydrogen) atoms. The maximum absolute atomic E-state index is 11.3. The van der Waals surface area contributed by atoms with Gasteiger partial charge in [0, 0.05) is 19.3 Å². The fraction of sp³-hybridized carbons (Fsp3) is 0.278. The number of hydrogen-bond donors (Lipinski definition) is 0. The summed E-state index contributed by atoms with van der Waals surface area (Å²) in [4.78, 5) is 11.3. The lowest BCUT2D eigenvalue weighted by atomic mass is 10.0. The monoisotopic (exact) mass is 266 g/mol. The third kappa shape index (κ3) is 3.08. The first-order valence-electron chi connectivity index (χ1n) is 7.11. The van der Waals surface area contributed by atoms with Crippen LogP contribution in [0.15, 0.2) is 54.6 Å². The second-order valence-electron chi connectivity index (χ2n) is 5.29. The lowest BCUT2D eigenvalue weighted by Crippen LogP contribution is -2.13. The Morgan fingerprint density at radius 1 is 1.00 bits per heavy atom. The number of rotatable bonds is 4. The molecule has 0 amide bonds. The normalized spacial score (nSPS) is 18.2. The van der Waals surface area contributed by atoms with Crippen molar-refractivity contribution in [3.8, 4) is 5.75 Å². The van der Waals surface area contributed by atoms with Crippen molar-refractivity contribution in [1.82, 2.24) is 0 Å². The summed E-state index contributed by atoms with van der Waals surface area (Å²) in [5, 5.41) is 0. The quantitative estimate of drug-likeness (QED) is 0.842. The predicted octanol–water partition coefficient (Wildman–Crippen LogP) is 3.78. The van der Waals surface area contributed by atoms with Crippen LogP contribution in [0.4, 0.5) is 0 Å². The predicted molar refractivity (Wildman–Crippen MR) is 79.0 cm³/mol. The van der Waals surface area contributed by atoms with E-state index >= 15 is 0 Å². The van der Waals surface area contributed by atoms with E-state index in [0.29, 0.717) is 18.6 Å². The van der Waals surface area contributed by atoms with Crippen LogP contribution in [-0.2, 0) is 11.2 Å². The zero-order valence-corrected chi connectivity index (χ0v) is 11.4. The Bertz CT molecular complexity index is 589. The van der Waals surface area contributed by atoms with Gasteiger partial charge in [-0.2, -0.15) is 0 Å². The van der Waals surface area contributed by atoms with E-state index in [0.717, 1.165) is 18.6 Å². The molecule has 3 rings (SSSR count). The third-order valence-corrected chi connectivity index (χ3v) is 3.70. The minimum Gasteiger partial charge on any atom is -0.490 e. The average molecular weight is 266 g/mol. The van der Waals surface area contributed by atoms with Crippen LogP contribution in [-0.4, -0.2) is 11.9 Å². The fourth-order valence-corrected chi connectivity index (χ4v) is 2.64. The summed E-state index contributed by atoms with van der Waals surface area (Å²) >= 11 is 0. The summed E-state index contributed by atoms with van der Waals surface area (Å²) in [5.41, 5.74) is 2.45. The van der Waals surface area contributed by atoms with Crippen molar-refractivity contribution < 1.29 is 9.53 Å². The maximum atomic E-state index is 11.3. The van der Waals surface area contributed by atoms with Gasteiger partial charge in [-0.15, -0.1) is 0 Å². The van der Waals surface area contributed by atoms with Crippen molar-refractivity contribution in [3.63, 3.8) is 0 Å². The van der Waals surface area contributed by atoms with Crippen LogP contribution in [0.5, 0.6) is 5.75 Å². The highest BCUT2D eigenvalue weighted by atomic mass is 16.5. The van der Waals surface area contributed by atoms with Crippen molar-refractivity contribution in [2.75, 3.05) is 0 Å². The largest absolute Gasteiger partial charge is 0.490 e. The molecule has 0 aromatic heterocycles. The van der Waals surface area contributed by atoms with Gasteiger partial charge in [-0.1, -0.05) is 48.5 Å². The second-order valence-corrected chi connectivity index (χ2v) is 5.29. The molecule has 2 nitrogen and oxygen atoms in total. The summed E-state index contributed by atoms with van der Waals surface area (Å²) in [6.45, 7) is 0. The van der Waals surface area contributed by atoms with Gasteiger partial charge in [-0.3, -0.25) is 4.79 Å². The van der Waals surface area contributed by atoms with Crippen molar-refractivity contribution >= 4 is 5.78 Å². The van der Waals surface area contributed by atoms with Crippen LogP contribution >= 0.6 is 0 Å². The molecule has 0 saturated heterocycles. The molecule has 102 valence electrons. The molecule has 1 unspecified atom stereocenters. The zero-order chi connectivity index (χ0) is 13.8. The molecule has 1 fully saturated rings. The van der Waals surface area contributed by atoms with E-state index in [2.05, 4.69) is 30.3 Å². The molecular formula is C18H18O2. The topological polar surface area (TPSA) is 26.3 Å². The van der Waals surface area contributed by atoms with Crippen molar-refractivity contribution in [2.24, 2.45) is 0 Å². The minimum absolute atomic E-state index is 0.0550. The molecule has 2 heteroatoms. The highest BCUT2D eigenvalue weighted by Crippen LogP contribution is 2.26. The lowest BCUT2D eigenvalue weighted by molar-refractivity contribution is -0.117. The first kappa shape index (κ1) is 12.9. The van der Waals surface area contributed by atoms with Gasteiger partial charge in [-0.05, 0) is 23.6 Å². The number of carbonyl (C=O) groups excluding carboxylic acids is 1. The van der Waals surface area contributed by atoms with Crippen LogP contribution in [0.1, 0.15) is 30.4 Å². The average Bonchev–Trinajstić information content (AvgIpc) is 2.88. The summed E-state index contributed by atoms with van der Waals surface area (Å²) in [6.07, 6.45) is 2.97. The van der Waals surface area contributed by atoms with Crippen LogP contribution in [0.3, 0.4) is 0 Å². The molecule has 0 N–H and O–H groups in total. The van der Waals surface area contributed by atoms with E-state index in [1.165, 1.54) is 11.1 Å². The number of hydrogen-bond acceptors (Lipinski definition) is 2. The van der Waals surface area contributed by atoms with Crippen molar-refractivity contribution in [1.29, 1.82) is 0 Å². The summed E-state index contributed by atoms with van der Waals surface area (Å²) < 4.78 is 6.03. The van der Waals surface area contributed by atoms with E-state index in [9.17, 15) is 4.79 Å². The molecule has 0 spiro atoms. The molecule has 2 aromatic rings. The SMILES string of the molecule is O=C1CCC(Oc2ccccc2Cc2ccccc2)C1. The Morgan fingerprint density at radius 3 is 2.50 bits per heavy atom.